The van der Waals surface area contributed by atoms with E-state index in [1.54, 1.807) is 11.3 Å². The standard InChI is InChI=1S/C20H24N4O2S/c25-18(24-20-22-12-17(27-20)13-7-9-21-10-8-13)6-5-15-11-14-3-1-2-4-16(14)23-19(15)26/h1-4,12-13,15,21H,5-11H2,(H,23,26)(H,22,24,25). The predicted octanol–water partition coefficient (Wildman–Crippen LogP) is 3.14. The van der Waals surface area contributed by atoms with Gasteiger partial charge in [-0.05, 0) is 56.3 Å². The van der Waals surface area contributed by atoms with Gasteiger partial charge in [-0.25, -0.2) is 4.98 Å². The van der Waals surface area contributed by atoms with Gasteiger partial charge >= 0.3 is 0 Å². The lowest BCUT2D eigenvalue weighted by Crippen LogP contribution is -2.30. The molecule has 0 spiro atoms. The van der Waals surface area contributed by atoms with E-state index in [0.29, 0.717) is 30.3 Å². The van der Waals surface area contributed by atoms with Crippen molar-refractivity contribution in [2.24, 2.45) is 5.92 Å². The van der Waals surface area contributed by atoms with Gasteiger partial charge in [0.25, 0.3) is 0 Å². The molecule has 142 valence electrons. The van der Waals surface area contributed by atoms with E-state index in [4.69, 9.17) is 0 Å². The lowest BCUT2D eigenvalue weighted by Gasteiger charge is -2.24. The third kappa shape index (κ3) is 4.36. The summed E-state index contributed by atoms with van der Waals surface area (Å²) in [5.74, 6) is 0.310. The van der Waals surface area contributed by atoms with Gasteiger partial charge in [-0.2, -0.15) is 0 Å². The number of fused-ring (bicyclic) bond motifs is 1. The number of hydrogen-bond donors (Lipinski definition) is 3. The largest absolute Gasteiger partial charge is 0.326 e. The second-order valence-corrected chi connectivity index (χ2v) is 8.29. The maximum absolute atomic E-state index is 12.3. The minimum absolute atomic E-state index is 0.00365. The topological polar surface area (TPSA) is 83.1 Å². The molecule has 27 heavy (non-hydrogen) atoms. The monoisotopic (exact) mass is 384 g/mol. The van der Waals surface area contributed by atoms with E-state index in [2.05, 4.69) is 20.9 Å². The van der Waals surface area contributed by atoms with Crippen molar-refractivity contribution in [2.45, 2.75) is 38.0 Å². The number of amides is 2. The highest BCUT2D eigenvalue weighted by atomic mass is 32.1. The fourth-order valence-corrected chi connectivity index (χ4v) is 4.77. The number of nitrogens with zero attached hydrogens (tertiary/aromatic N) is 1. The molecule has 1 atom stereocenters. The minimum Gasteiger partial charge on any atom is -0.326 e. The number of thiazole rings is 1. The molecule has 2 aliphatic rings. The smallest absolute Gasteiger partial charge is 0.227 e. The number of anilines is 2. The molecule has 1 unspecified atom stereocenters. The third-order valence-electron chi connectivity index (χ3n) is 5.34. The first kappa shape index (κ1) is 18.1. The fraction of sp³-hybridized carbons (Fsp3) is 0.450. The molecule has 0 radical (unpaired) electrons. The SMILES string of the molecule is O=C(CCC1Cc2ccccc2NC1=O)Nc1ncc(C2CCNCC2)s1. The molecule has 2 aromatic rings. The molecular formula is C20H24N4O2S. The van der Waals surface area contributed by atoms with Crippen LogP contribution in [0.1, 0.15) is 42.0 Å². The van der Waals surface area contributed by atoms with E-state index >= 15 is 0 Å². The van der Waals surface area contributed by atoms with Crippen LogP contribution in [0.5, 0.6) is 0 Å². The molecule has 0 bridgehead atoms. The van der Waals surface area contributed by atoms with Crippen LogP contribution in [0.15, 0.2) is 30.5 Å². The molecule has 2 amide bonds. The fourth-order valence-electron chi connectivity index (χ4n) is 3.77. The number of aromatic nitrogens is 1. The Labute approximate surface area is 162 Å². The molecule has 6 nitrogen and oxygen atoms in total. The number of benzene rings is 1. The second kappa shape index (κ2) is 8.19. The Morgan fingerprint density at radius 3 is 2.93 bits per heavy atom. The Hall–Kier alpha value is -2.25. The molecule has 3 heterocycles. The average molecular weight is 385 g/mol. The first-order valence-electron chi connectivity index (χ1n) is 9.54. The van der Waals surface area contributed by atoms with Crippen molar-refractivity contribution < 1.29 is 9.59 Å². The highest BCUT2D eigenvalue weighted by molar-refractivity contribution is 7.15. The molecular weight excluding hydrogens is 360 g/mol. The molecule has 2 aliphatic heterocycles. The quantitative estimate of drug-likeness (QED) is 0.740. The summed E-state index contributed by atoms with van der Waals surface area (Å²) in [6, 6.07) is 7.83. The van der Waals surface area contributed by atoms with Gasteiger partial charge in [0, 0.05) is 29.1 Å². The van der Waals surface area contributed by atoms with Crippen molar-refractivity contribution in [3.05, 3.63) is 40.9 Å². The molecule has 7 heteroatoms. The number of nitrogens with one attached hydrogen (secondary N) is 3. The number of rotatable bonds is 5. The lowest BCUT2D eigenvalue weighted by molar-refractivity contribution is -0.121. The number of piperidine rings is 1. The Kier molecular flexibility index (Phi) is 5.50. The summed E-state index contributed by atoms with van der Waals surface area (Å²) in [5.41, 5.74) is 2.02. The molecule has 0 saturated carbocycles. The van der Waals surface area contributed by atoms with Gasteiger partial charge in [0.2, 0.25) is 11.8 Å². The van der Waals surface area contributed by atoms with Crippen LogP contribution in [-0.4, -0.2) is 29.9 Å². The highest BCUT2D eigenvalue weighted by Gasteiger charge is 2.26. The van der Waals surface area contributed by atoms with Gasteiger partial charge in [0.05, 0.1) is 0 Å². The molecule has 4 rings (SSSR count). The molecule has 1 aromatic carbocycles. The Morgan fingerprint density at radius 1 is 1.26 bits per heavy atom. The number of para-hydroxylation sites is 1. The van der Waals surface area contributed by atoms with Crippen LogP contribution in [-0.2, 0) is 16.0 Å². The van der Waals surface area contributed by atoms with Crippen LogP contribution in [0.3, 0.4) is 0 Å². The number of carbonyl (C=O) groups is 2. The third-order valence-corrected chi connectivity index (χ3v) is 6.42. The van der Waals surface area contributed by atoms with E-state index in [-0.39, 0.29) is 17.7 Å². The summed E-state index contributed by atoms with van der Waals surface area (Å²) in [6.07, 6.45) is 5.68. The van der Waals surface area contributed by atoms with Crippen molar-refractivity contribution in [3.63, 3.8) is 0 Å². The summed E-state index contributed by atoms with van der Waals surface area (Å²) < 4.78 is 0. The zero-order valence-corrected chi connectivity index (χ0v) is 16.0. The molecule has 3 N–H and O–H groups in total. The van der Waals surface area contributed by atoms with Crippen LogP contribution in [0.4, 0.5) is 10.8 Å². The summed E-state index contributed by atoms with van der Waals surface area (Å²) in [7, 11) is 0. The zero-order chi connectivity index (χ0) is 18.6. The van der Waals surface area contributed by atoms with E-state index < -0.39 is 0 Å². The zero-order valence-electron chi connectivity index (χ0n) is 15.2. The maximum atomic E-state index is 12.3. The maximum Gasteiger partial charge on any atom is 0.227 e. The minimum atomic E-state index is -0.160. The van der Waals surface area contributed by atoms with Crippen molar-refractivity contribution >= 4 is 34.0 Å². The van der Waals surface area contributed by atoms with Gasteiger partial charge in [-0.1, -0.05) is 18.2 Å². The van der Waals surface area contributed by atoms with Gasteiger partial charge in [0.1, 0.15) is 0 Å². The summed E-state index contributed by atoms with van der Waals surface area (Å²) in [6.45, 7) is 2.08. The van der Waals surface area contributed by atoms with Crippen molar-refractivity contribution in [1.29, 1.82) is 0 Å². The number of carbonyl (C=O) groups excluding carboxylic acids is 2. The molecule has 0 aliphatic carbocycles. The number of hydrogen-bond acceptors (Lipinski definition) is 5. The van der Waals surface area contributed by atoms with E-state index in [1.165, 1.54) is 4.88 Å². The van der Waals surface area contributed by atoms with E-state index in [1.807, 2.05) is 30.5 Å². The van der Waals surface area contributed by atoms with Crippen molar-refractivity contribution in [2.75, 3.05) is 23.7 Å². The molecule has 1 saturated heterocycles. The first-order valence-corrected chi connectivity index (χ1v) is 10.4. The van der Waals surface area contributed by atoms with Crippen LogP contribution in [0.25, 0.3) is 0 Å². The first-order chi connectivity index (χ1) is 13.2. The van der Waals surface area contributed by atoms with Gasteiger partial charge in [-0.15, -0.1) is 11.3 Å². The van der Waals surface area contributed by atoms with Crippen molar-refractivity contribution in [1.82, 2.24) is 10.3 Å². The summed E-state index contributed by atoms with van der Waals surface area (Å²) >= 11 is 1.57. The van der Waals surface area contributed by atoms with Crippen LogP contribution in [0.2, 0.25) is 0 Å². The van der Waals surface area contributed by atoms with Crippen LogP contribution in [0, 0.1) is 5.92 Å². The molecule has 1 aromatic heterocycles. The highest BCUT2D eigenvalue weighted by Crippen LogP contribution is 2.32. The Balaban J connectivity index is 1.29. The van der Waals surface area contributed by atoms with Crippen LogP contribution < -0.4 is 16.0 Å². The van der Waals surface area contributed by atoms with Crippen molar-refractivity contribution in [3.8, 4) is 0 Å². The van der Waals surface area contributed by atoms with E-state index in [9.17, 15) is 9.59 Å². The normalized spacial score (nSPS) is 20.0. The van der Waals surface area contributed by atoms with Gasteiger partial charge < -0.3 is 16.0 Å². The van der Waals surface area contributed by atoms with E-state index in [0.717, 1.165) is 37.2 Å². The Bertz CT molecular complexity index is 829. The summed E-state index contributed by atoms with van der Waals surface area (Å²) in [4.78, 5) is 30.2. The predicted molar refractivity (Wildman–Crippen MR) is 107 cm³/mol. The van der Waals surface area contributed by atoms with Gasteiger partial charge in [0.15, 0.2) is 5.13 Å². The second-order valence-electron chi connectivity index (χ2n) is 7.23. The van der Waals surface area contributed by atoms with Gasteiger partial charge in [-0.3, -0.25) is 9.59 Å². The summed E-state index contributed by atoms with van der Waals surface area (Å²) in [5, 5.41) is 9.86. The lowest BCUT2D eigenvalue weighted by atomic mass is 9.89. The van der Waals surface area contributed by atoms with Crippen LogP contribution >= 0.6 is 11.3 Å². The Morgan fingerprint density at radius 2 is 2.07 bits per heavy atom. The average Bonchev–Trinajstić information content (AvgIpc) is 3.15. The molecule has 1 fully saturated rings.